The molecular formula is C19H22N4O3. The van der Waals surface area contributed by atoms with E-state index in [0.29, 0.717) is 30.2 Å². The van der Waals surface area contributed by atoms with Crippen LogP contribution in [0.3, 0.4) is 0 Å². The lowest BCUT2D eigenvalue weighted by molar-refractivity contribution is -0.117. The number of aromatic amines is 1. The molecule has 0 spiro atoms. The third-order valence-corrected chi connectivity index (χ3v) is 4.99. The van der Waals surface area contributed by atoms with Crippen molar-refractivity contribution in [3.63, 3.8) is 0 Å². The predicted octanol–water partition coefficient (Wildman–Crippen LogP) is 2.14. The Morgan fingerprint density at radius 3 is 2.92 bits per heavy atom. The molecule has 2 N–H and O–H groups in total. The first-order chi connectivity index (χ1) is 12.6. The number of carbonyl (C=O) groups is 2. The Kier molecular flexibility index (Phi) is 4.14. The molecule has 7 heteroatoms. The fraction of sp³-hybridized carbons (Fsp3) is 0.421. The molecule has 1 atom stereocenters. The molecule has 1 aromatic heterocycles. The summed E-state index contributed by atoms with van der Waals surface area (Å²) in [6.45, 7) is 2.31. The van der Waals surface area contributed by atoms with Crippen molar-refractivity contribution in [2.75, 3.05) is 18.6 Å². The standard InChI is InChI=1S/C19H22N4O3/c1-11-17(18(22-21-11)12-6-7-12)19(25)20-13-8-16(24)23(10-13)14-4-3-5-15(9-14)26-2/h3-5,9,12-13H,6-8,10H2,1-2H3,(H,20,25)(H,21,22). The molecule has 0 bridgehead atoms. The van der Waals surface area contributed by atoms with Gasteiger partial charge in [0.05, 0.1) is 24.4 Å². The highest BCUT2D eigenvalue weighted by molar-refractivity contribution is 6.00. The van der Waals surface area contributed by atoms with Crippen molar-refractivity contribution < 1.29 is 14.3 Å². The first-order valence-corrected chi connectivity index (χ1v) is 8.87. The van der Waals surface area contributed by atoms with Crippen LogP contribution >= 0.6 is 0 Å². The van der Waals surface area contributed by atoms with E-state index in [1.165, 1.54) is 0 Å². The number of methoxy groups -OCH3 is 1. The largest absolute Gasteiger partial charge is 0.497 e. The van der Waals surface area contributed by atoms with Crippen LogP contribution < -0.4 is 15.0 Å². The van der Waals surface area contributed by atoms with Crippen LogP contribution in [-0.2, 0) is 4.79 Å². The minimum absolute atomic E-state index is 0.00474. The van der Waals surface area contributed by atoms with Gasteiger partial charge in [-0.25, -0.2) is 0 Å². The molecule has 136 valence electrons. The number of H-pyrrole nitrogens is 1. The van der Waals surface area contributed by atoms with E-state index >= 15 is 0 Å². The van der Waals surface area contributed by atoms with Crippen molar-refractivity contribution in [3.05, 3.63) is 41.2 Å². The Bertz CT molecular complexity index is 856. The number of nitrogens with one attached hydrogen (secondary N) is 2. The van der Waals surface area contributed by atoms with Gasteiger partial charge in [-0.15, -0.1) is 0 Å². The van der Waals surface area contributed by atoms with E-state index in [9.17, 15) is 9.59 Å². The summed E-state index contributed by atoms with van der Waals surface area (Å²) in [5.41, 5.74) is 3.05. The predicted molar refractivity (Wildman–Crippen MR) is 96.5 cm³/mol. The molecule has 2 aromatic rings. The van der Waals surface area contributed by atoms with Crippen LogP contribution in [0.25, 0.3) is 0 Å². The Morgan fingerprint density at radius 2 is 2.19 bits per heavy atom. The summed E-state index contributed by atoms with van der Waals surface area (Å²) >= 11 is 0. The Labute approximate surface area is 151 Å². The molecule has 2 aliphatic rings. The Balaban J connectivity index is 1.47. The average Bonchev–Trinajstić information content (AvgIpc) is 3.31. The molecule has 1 saturated carbocycles. The maximum atomic E-state index is 12.8. The monoisotopic (exact) mass is 354 g/mol. The third kappa shape index (κ3) is 3.05. The van der Waals surface area contributed by atoms with Gasteiger partial charge in [-0.05, 0) is 31.9 Å². The number of amides is 2. The number of hydrogen-bond donors (Lipinski definition) is 2. The first kappa shape index (κ1) is 16.6. The van der Waals surface area contributed by atoms with Gasteiger partial charge in [0.15, 0.2) is 0 Å². The maximum absolute atomic E-state index is 12.8. The van der Waals surface area contributed by atoms with Gasteiger partial charge in [0.25, 0.3) is 5.91 Å². The summed E-state index contributed by atoms with van der Waals surface area (Å²) in [5, 5.41) is 10.2. The summed E-state index contributed by atoms with van der Waals surface area (Å²) in [5.74, 6) is 0.934. The number of benzene rings is 1. The molecule has 1 aliphatic carbocycles. The van der Waals surface area contributed by atoms with Crippen LogP contribution in [0.2, 0.25) is 0 Å². The van der Waals surface area contributed by atoms with Gasteiger partial charge < -0.3 is 15.0 Å². The first-order valence-electron chi connectivity index (χ1n) is 8.87. The number of aryl methyl sites for hydroxylation is 1. The molecule has 7 nitrogen and oxygen atoms in total. The molecular weight excluding hydrogens is 332 g/mol. The minimum Gasteiger partial charge on any atom is -0.497 e. The molecule has 2 amide bonds. The van der Waals surface area contributed by atoms with E-state index in [2.05, 4.69) is 15.5 Å². The minimum atomic E-state index is -0.220. The van der Waals surface area contributed by atoms with Crippen LogP contribution in [0.5, 0.6) is 5.75 Å². The van der Waals surface area contributed by atoms with Gasteiger partial charge in [0.1, 0.15) is 5.75 Å². The highest BCUT2D eigenvalue weighted by atomic mass is 16.5. The number of carbonyl (C=O) groups excluding carboxylic acids is 2. The zero-order valence-electron chi connectivity index (χ0n) is 14.9. The quantitative estimate of drug-likeness (QED) is 0.861. The summed E-state index contributed by atoms with van der Waals surface area (Å²) in [6, 6.07) is 7.17. The molecule has 1 unspecified atom stereocenters. The van der Waals surface area contributed by atoms with Gasteiger partial charge in [-0.2, -0.15) is 5.10 Å². The van der Waals surface area contributed by atoms with E-state index in [1.807, 2.05) is 31.2 Å². The highest BCUT2D eigenvalue weighted by Gasteiger charge is 2.35. The van der Waals surface area contributed by atoms with Crippen molar-refractivity contribution in [3.8, 4) is 5.75 Å². The summed E-state index contributed by atoms with van der Waals surface area (Å²) in [6.07, 6.45) is 2.45. The van der Waals surface area contributed by atoms with Crippen LogP contribution in [0.4, 0.5) is 5.69 Å². The number of anilines is 1. The molecule has 26 heavy (non-hydrogen) atoms. The number of nitrogens with zero attached hydrogens (tertiary/aromatic N) is 2. The second-order valence-electron chi connectivity index (χ2n) is 6.96. The van der Waals surface area contributed by atoms with Crippen molar-refractivity contribution in [1.82, 2.24) is 15.5 Å². The van der Waals surface area contributed by atoms with Gasteiger partial charge in [0, 0.05) is 36.3 Å². The highest BCUT2D eigenvalue weighted by Crippen LogP contribution is 2.41. The molecule has 1 saturated heterocycles. The molecule has 4 rings (SSSR count). The lowest BCUT2D eigenvalue weighted by Gasteiger charge is -2.18. The van der Waals surface area contributed by atoms with E-state index in [1.54, 1.807) is 12.0 Å². The second-order valence-corrected chi connectivity index (χ2v) is 6.96. The number of hydrogen-bond acceptors (Lipinski definition) is 4. The summed E-state index contributed by atoms with van der Waals surface area (Å²) in [4.78, 5) is 26.9. The third-order valence-electron chi connectivity index (χ3n) is 4.99. The van der Waals surface area contributed by atoms with Crippen LogP contribution in [0, 0.1) is 6.92 Å². The number of aromatic nitrogens is 2. The zero-order chi connectivity index (χ0) is 18.3. The van der Waals surface area contributed by atoms with Crippen molar-refractivity contribution >= 4 is 17.5 Å². The van der Waals surface area contributed by atoms with Crippen molar-refractivity contribution in [2.45, 2.75) is 38.1 Å². The van der Waals surface area contributed by atoms with Crippen molar-refractivity contribution in [1.29, 1.82) is 0 Å². The normalized spacial score (nSPS) is 19.7. The number of rotatable bonds is 5. The lowest BCUT2D eigenvalue weighted by atomic mass is 10.1. The van der Waals surface area contributed by atoms with Crippen molar-refractivity contribution in [2.24, 2.45) is 0 Å². The van der Waals surface area contributed by atoms with Gasteiger partial charge >= 0.3 is 0 Å². The smallest absolute Gasteiger partial charge is 0.255 e. The number of ether oxygens (including phenoxy) is 1. The van der Waals surface area contributed by atoms with Crippen LogP contribution in [0.15, 0.2) is 24.3 Å². The van der Waals surface area contributed by atoms with Crippen LogP contribution in [-0.4, -0.2) is 41.7 Å². The zero-order valence-corrected chi connectivity index (χ0v) is 14.9. The fourth-order valence-electron chi connectivity index (χ4n) is 3.48. The van der Waals surface area contributed by atoms with E-state index < -0.39 is 0 Å². The summed E-state index contributed by atoms with van der Waals surface area (Å²) < 4.78 is 5.23. The fourth-order valence-corrected chi connectivity index (χ4v) is 3.48. The lowest BCUT2D eigenvalue weighted by Crippen LogP contribution is -2.37. The van der Waals surface area contributed by atoms with Crippen LogP contribution in [0.1, 0.15) is 46.9 Å². The topological polar surface area (TPSA) is 87.3 Å². The van der Waals surface area contributed by atoms with E-state index in [-0.39, 0.29) is 17.9 Å². The molecule has 1 aliphatic heterocycles. The summed E-state index contributed by atoms with van der Waals surface area (Å²) in [7, 11) is 1.60. The SMILES string of the molecule is COc1cccc(N2CC(NC(=O)c3c(C4CC4)n[nH]c3C)CC2=O)c1. The molecule has 0 radical (unpaired) electrons. The molecule has 2 heterocycles. The van der Waals surface area contributed by atoms with E-state index in [0.717, 1.165) is 29.9 Å². The van der Waals surface area contributed by atoms with Gasteiger partial charge in [-0.1, -0.05) is 6.07 Å². The Hall–Kier alpha value is -2.83. The second kappa shape index (κ2) is 6.48. The molecule has 1 aromatic carbocycles. The average molecular weight is 354 g/mol. The molecule has 2 fully saturated rings. The Morgan fingerprint density at radius 1 is 1.38 bits per heavy atom. The van der Waals surface area contributed by atoms with Gasteiger partial charge in [0.2, 0.25) is 5.91 Å². The maximum Gasteiger partial charge on any atom is 0.255 e. The van der Waals surface area contributed by atoms with Gasteiger partial charge in [-0.3, -0.25) is 14.7 Å². The van der Waals surface area contributed by atoms with E-state index in [4.69, 9.17) is 4.74 Å².